The van der Waals surface area contributed by atoms with E-state index >= 15 is 0 Å². The molecule has 1 rings (SSSR count). The number of halogens is 3. The fourth-order valence-electron chi connectivity index (χ4n) is 2.38. The van der Waals surface area contributed by atoms with Crippen LogP contribution in [0.25, 0.3) is 0 Å². The third-order valence-electron chi connectivity index (χ3n) is 3.59. The summed E-state index contributed by atoms with van der Waals surface area (Å²) in [4.78, 5) is 4.18. The number of hydrogen-bond donors (Lipinski definition) is 0. The summed E-state index contributed by atoms with van der Waals surface area (Å²) in [6.45, 7) is 4.23. The summed E-state index contributed by atoms with van der Waals surface area (Å²) in [5.41, 5.74) is 0.0175. The van der Waals surface area contributed by atoms with Crippen molar-refractivity contribution in [3.8, 4) is 0 Å². The Hall–Kier alpha value is -1.06. The fraction of sp³-hybridized carbons (Fsp3) is 0.688. The van der Waals surface area contributed by atoms with Crippen LogP contribution in [0.5, 0.6) is 0 Å². The van der Waals surface area contributed by atoms with Crippen molar-refractivity contribution in [1.29, 1.82) is 0 Å². The Balaban J connectivity index is 2.83. The highest BCUT2D eigenvalue weighted by molar-refractivity contribution is 5.21. The summed E-state index contributed by atoms with van der Waals surface area (Å²) in [6, 6.07) is 2.28. The molecule has 1 aromatic heterocycles. The van der Waals surface area contributed by atoms with Gasteiger partial charge >= 0.3 is 6.18 Å². The topological polar surface area (TPSA) is 12.9 Å². The van der Waals surface area contributed by atoms with Gasteiger partial charge in [-0.3, -0.25) is 4.98 Å². The Kier molecular flexibility index (Phi) is 7.03. The minimum absolute atomic E-state index is 0.156. The SMILES string of the molecule is CCCCCC(CCCC)c1cc(C(F)(F)F)ccn1. The lowest BCUT2D eigenvalue weighted by molar-refractivity contribution is -0.137. The molecule has 0 aromatic carbocycles. The van der Waals surface area contributed by atoms with Gasteiger partial charge in [0.15, 0.2) is 0 Å². The summed E-state index contributed by atoms with van der Waals surface area (Å²) in [6.07, 6.45) is 4.27. The first-order chi connectivity index (χ1) is 9.49. The first-order valence-corrected chi connectivity index (χ1v) is 7.52. The van der Waals surface area contributed by atoms with Crippen molar-refractivity contribution in [2.24, 2.45) is 0 Å². The number of aromatic nitrogens is 1. The Morgan fingerprint density at radius 1 is 1.05 bits per heavy atom. The molecule has 1 aromatic rings. The summed E-state index contributed by atoms with van der Waals surface area (Å²) in [7, 11) is 0. The molecule has 1 nitrogen and oxygen atoms in total. The standard InChI is InChI=1S/C16H24F3N/c1-3-5-7-9-13(8-6-4-2)15-12-14(10-11-20-15)16(17,18)19/h10-13H,3-9H2,1-2H3. The first kappa shape index (κ1) is 17.0. The fourth-order valence-corrected chi connectivity index (χ4v) is 2.38. The lowest BCUT2D eigenvalue weighted by Gasteiger charge is -2.17. The second-order valence-corrected chi connectivity index (χ2v) is 5.30. The molecule has 0 N–H and O–H groups in total. The molecule has 114 valence electrons. The van der Waals surface area contributed by atoms with E-state index in [1.807, 2.05) is 0 Å². The van der Waals surface area contributed by atoms with Gasteiger partial charge in [0.05, 0.1) is 5.56 Å². The van der Waals surface area contributed by atoms with Gasteiger partial charge < -0.3 is 0 Å². The second kappa shape index (κ2) is 8.28. The molecule has 0 bridgehead atoms. The van der Waals surface area contributed by atoms with Crippen LogP contribution in [0.4, 0.5) is 13.2 Å². The van der Waals surface area contributed by atoms with Gasteiger partial charge in [-0.25, -0.2) is 0 Å². The van der Waals surface area contributed by atoms with Crippen LogP contribution >= 0.6 is 0 Å². The number of pyridine rings is 1. The number of alkyl halides is 3. The highest BCUT2D eigenvalue weighted by Crippen LogP contribution is 2.33. The molecule has 0 spiro atoms. The molecule has 0 saturated carbocycles. The number of hydrogen-bond acceptors (Lipinski definition) is 1. The van der Waals surface area contributed by atoms with Gasteiger partial charge in [-0.1, -0.05) is 46.0 Å². The van der Waals surface area contributed by atoms with E-state index in [4.69, 9.17) is 0 Å². The maximum Gasteiger partial charge on any atom is 0.416 e. The van der Waals surface area contributed by atoms with E-state index in [2.05, 4.69) is 18.8 Å². The molecule has 0 saturated heterocycles. The lowest BCUT2D eigenvalue weighted by atomic mass is 9.91. The van der Waals surface area contributed by atoms with Gasteiger partial charge in [-0.15, -0.1) is 0 Å². The molecule has 0 aliphatic rings. The van der Waals surface area contributed by atoms with E-state index in [1.165, 1.54) is 12.3 Å². The summed E-state index contributed by atoms with van der Waals surface area (Å²) in [5.74, 6) is 0.156. The average molecular weight is 287 g/mol. The lowest BCUT2D eigenvalue weighted by Crippen LogP contribution is -2.09. The molecular weight excluding hydrogens is 263 g/mol. The molecule has 0 amide bonds. The molecule has 0 aliphatic carbocycles. The summed E-state index contributed by atoms with van der Waals surface area (Å²) < 4.78 is 38.3. The highest BCUT2D eigenvalue weighted by atomic mass is 19.4. The molecule has 4 heteroatoms. The van der Waals surface area contributed by atoms with E-state index in [-0.39, 0.29) is 5.92 Å². The predicted octanol–water partition coefficient (Wildman–Crippen LogP) is 5.95. The van der Waals surface area contributed by atoms with Crippen LogP contribution in [-0.4, -0.2) is 4.98 Å². The maximum atomic E-state index is 12.8. The van der Waals surface area contributed by atoms with Crippen LogP contribution in [-0.2, 0) is 6.18 Å². The molecule has 20 heavy (non-hydrogen) atoms. The van der Waals surface area contributed by atoms with E-state index in [0.717, 1.165) is 51.0 Å². The number of rotatable bonds is 8. The van der Waals surface area contributed by atoms with E-state index in [0.29, 0.717) is 5.69 Å². The Bertz CT molecular complexity index is 388. The smallest absolute Gasteiger partial charge is 0.261 e. The maximum absolute atomic E-state index is 12.8. The van der Waals surface area contributed by atoms with Crippen molar-refractivity contribution in [3.05, 3.63) is 29.6 Å². The van der Waals surface area contributed by atoms with Gasteiger partial charge in [0.1, 0.15) is 0 Å². The molecule has 0 aliphatic heterocycles. The van der Waals surface area contributed by atoms with Gasteiger partial charge in [0, 0.05) is 17.8 Å². The van der Waals surface area contributed by atoms with Crippen LogP contribution in [0.15, 0.2) is 18.3 Å². The van der Waals surface area contributed by atoms with Crippen LogP contribution in [0, 0.1) is 0 Å². The normalized spacial score (nSPS) is 13.4. The Morgan fingerprint density at radius 2 is 1.70 bits per heavy atom. The van der Waals surface area contributed by atoms with Gasteiger partial charge in [0.2, 0.25) is 0 Å². The largest absolute Gasteiger partial charge is 0.416 e. The summed E-state index contributed by atoms with van der Waals surface area (Å²) >= 11 is 0. The predicted molar refractivity (Wildman–Crippen MR) is 75.6 cm³/mol. The Morgan fingerprint density at radius 3 is 2.30 bits per heavy atom. The van der Waals surface area contributed by atoms with Crippen molar-refractivity contribution < 1.29 is 13.2 Å². The third-order valence-corrected chi connectivity index (χ3v) is 3.59. The van der Waals surface area contributed by atoms with Gasteiger partial charge in [0.25, 0.3) is 0 Å². The average Bonchev–Trinajstić information content (AvgIpc) is 2.42. The Labute approximate surface area is 119 Å². The quantitative estimate of drug-likeness (QED) is 0.538. The molecule has 0 fully saturated rings. The van der Waals surface area contributed by atoms with Crippen molar-refractivity contribution >= 4 is 0 Å². The molecule has 1 unspecified atom stereocenters. The zero-order valence-corrected chi connectivity index (χ0v) is 12.3. The second-order valence-electron chi connectivity index (χ2n) is 5.30. The van der Waals surface area contributed by atoms with Gasteiger partial charge in [-0.2, -0.15) is 13.2 Å². The van der Waals surface area contributed by atoms with Crippen molar-refractivity contribution in [2.75, 3.05) is 0 Å². The van der Waals surface area contributed by atoms with Crippen LogP contribution in [0.2, 0.25) is 0 Å². The monoisotopic (exact) mass is 287 g/mol. The highest BCUT2D eigenvalue weighted by Gasteiger charge is 2.31. The third kappa shape index (κ3) is 5.51. The van der Waals surface area contributed by atoms with Crippen molar-refractivity contribution in [3.63, 3.8) is 0 Å². The number of unbranched alkanes of at least 4 members (excludes halogenated alkanes) is 3. The van der Waals surface area contributed by atoms with E-state index < -0.39 is 11.7 Å². The van der Waals surface area contributed by atoms with E-state index in [9.17, 15) is 13.2 Å². The van der Waals surface area contributed by atoms with Gasteiger partial charge in [-0.05, 0) is 25.0 Å². The molecule has 1 atom stereocenters. The summed E-state index contributed by atoms with van der Waals surface area (Å²) in [5, 5.41) is 0. The molecular formula is C16H24F3N. The zero-order valence-electron chi connectivity index (χ0n) is 12.3. The molecule has 1 heterocycles. The van der Waals surface area contributed by atoms with Crippen LogP contribution in [0.3, 0.4) is 0 Å². The molecule has 0 radical (unpaired) electrons. The minimum atomic E-state index is -4.28. The zero-order chi connectivity index (χ0) is 15.0. The van der Waals surface area contributed by atoms with Crippen LogP contribution < -0.4 is 0 Å². The van der Waals surface area contributed by atoms with Crippen molar-refractivity contribution in [1.82, 2.24) is 4.98 Å². The van der Waals surface area contributed by atoms with Crippen molar-refractivity contribution in [2.45, 2.75) is 70.9 Å². The van der Waals surface area contributed by atoms with Crippen LogP contribution in [0.1, 0.15) is 76.0 Å². The first-order valence-electron chi connectivity index (χ1n) is 7.52. The number of nitrogens with zero attached hydrogens (tertiary/aromatic N) is 1. The minimum Gasteiger partial charge on any atom is -0.261 e. The van der Waals surface area contributed by atoms with E-state index in [1.54, 1.807) is 0 Å².